The lowest BCUT2D eigenvalue weighted by Gasteiger charge is -2.13. The molecule has 0 atom stereocenters. The molecule has 0 saturated carbocycles. The molecule has 0 radical (unpaired) electrons. The van der Waals surface area contributed by atoms with Crippen molar-refractivity contribution < 1.29 is 14.1 Å². The Morgan fingerprint density at radius 1 is 0.897 bits per heavy atom. The maximum atomic E-state index is 12.9. The Morgan fingerprint density at radius 2 is 1.62 bits per heavy atom. The minimum Gasteiger partial charge on any atom is -0.355 e. The molecule has 4 rings (SSSR count). The number of carbonyl (C=O) groups excluding carboxylic acids is 2. The van der Waals surface area contributed by atoms with Crippen LogP contribution in [0, 0.1) is 6.92 Å². The third-order valence-corrected chi connectivity index (χ3v) is 4.67. The molecule has 0 spiro atoms. The predicted molar refractivity (Wildman–Crippen MR) is 113 cm³/mol. The highest BCUT2D eigenvalue weighted by Crippen LogP contribution is 2.30. The third-order valence-electron chi connectivity index (χ3n) is 4.67. The molecule has 0 aliphatic carbocycles. The van der Waals surface area contributed by atoms with Crippen LogP contribution in [0.15, 0.2) is 71.3 Å². The summed E-state index contributed by atoms with van der Waals surface area (Å²) in [4.78, 5) is 24.2. The number of carbonyl (C=O) groups is 2. The maximum Gasteiger partial charge on any atom is 0.255 e. The summed E-state index contributed by atoms with van der Waals surface area (Å²) in [6.07, 6.45) is 0. The summed E-state index contributed by atoms with van der Waals surface area (Å²) >= 11 is 0. The molecular formula is C23H19N3O3. The van der Waals surface area contributed by atoms with E-state index in [1.54, 1.807) is 36.4 Å². The summed E-state index contributed by atoms with van der Waals surface area (Å²) in [7, 11) is 0. The van der Waals surface area contributed by atoms with Crippen molar-refractivity contribution in [2.45, 2.75) is 13.8 Å². The fourth-order valence-electron chi connectivity index (χ4n) is 3.17. The first-order chi connectivity index (χ1) is 14.0. The molecule has 0 bridgehead atoms. The molecule has 1 aromatic heterocycles. The quantitative estimate of drug-likeness (QED) is 0.517. The van der Waals surface area contributed by atoms with Gasteiger partial charge in [-0.1, -0.05) is 41.6 Å². The van der Waals surface area contributed by atoms with E-state index in [4.69, 9.17) is 4.52 Å². The highest BCUT2D eigenvalue weighted by Gasteiger charge is 2.15. The molecule has 0 aliphatic heterocycles. The molecule has 2 N–H and O–H groups in total. The average molecular weight is 385 g/mol. The van der Waals surface area contributed by atoms with E-state index in [2.05, 4.69) is 15.8 Å². The van der Waals surface area contributed by atoms with E-state index in [0.717, 1.165) is 16.5 Å². The number of nitrogens with zero attached hydrogens (tertiary/aromatic N) is 1. The second-order valence-corrected chi connectivity index (χ2v) is 6.72. The highest BCUT2D eigenvalue weighted by molar-refractivity contribution is 6.08. The minimum absolute atomic E-state index is 0.164. The van der Waals surface area contributed by atoms with Gasteiger partial charge in [0, 0.05) is 29.4 Å². The number of aromatic nitrogens is 1. The molecule has 0 unspecified atom stereocenters. The van der Waals surface area contributed by atoms with E-state index >= 15 is 0 Å². The van der Waals surface area contributed by atoms with Crippen LogP contribution >= 0.6 is 0 Å². The summed E-state index contributed by atoms with van der Waals surface area (Å²) in [5.41, 5.74) is 4.15. The van der Waals surface area contributed by atoms with E-state index in [1.165, 1.54) is 6.92 Å². The molecule has 144 valence electrons. The van der Waals surface area contributed by atoms with E-state index in [1.807, 2.05) is 37.3 Å². The normalized spacial score (nSPS) is 10.7. The number of rotatable bonds is 4. The second-order valence-electron chi connectivity index (χ2n) is 6.72. The van der Waals surface area contributed by atoms with Gasteiger partial charge in [-0.3, -0.25) is 9.59 Å². The zero-order chi connectivity index (χ0) is 20.4. The number of fused-ring (bicyclic) bond motifs is 1. The number of benzene rings is 3. The largest absolute Gasteiger partial charge is 0.355 e. The van der Waals surface area contributed by atoms with Crippen LogP contribution in [0.3, 0.4) is 0 Å². The Labute approximate surface area is 167 Å². The molecule has 29 heavy (non-hydrogen) atoms. The molecule has 4 aromatic rings. The number of anilines is 2. The fourth-order valence-corrected chi connectivity index (χ4v) is 3.17. The molecule has 0 aliphatic rings. The molecule has 6 heteroatoms. The number of nitrogens with one attached hydrogen (secondary N) is 2. The van der Waals surface area contributed by atoms with Crippen molar-refractivity contribution in [2.75, 3.05) is 10.6 Å². The monoisotopic (exact) mass is 385 g/mol. The van der Waals surface area contributed by atoms with Crippen molar-refractivity contribution in [3.05, 3.63) is 77.9 Å². The van der Waals surface area contributed by atoms with Gasteiger partial charge in [0.25, 0.3) is 5.91 Å². The lowest BCUT2D eigenvalue weighted by Crippen LogP contribution is -2.14. The highest BCUT2D eigenvalue weighted by atomic mass is 16.5. The summed E-state index contributed by atoms with van der Waals surface area (Å²) in [6, 6.07) is 20.3. The molecule has 0 fully saturated rings. The average Bonchev–Trinajstić information content (AvgIpc) is 3.14. The van der Waals surface area contributed by atoms with Crippen molar-refractivity contribution >= 4 is 34.1 Å². The van der Waals surface area contributed by atoms with Crippen LogP contribution in [0.5, 0.6) is 0 Å². The summed E-state index contributed by atoms with van der Waals surface area (Å²) in [5, 5.41) is 10.5. The summed E-state index contributed by atoms with van der Waals surface area (Å²) < 4.78 is 5.50. The van der Waals surface area contributed by atoms with E-state index in [0.29, 0.717) is 28.2 Å². The molecular weight excluding hydrogens is 366 g/mol. The Balaban J connectivity index is 1.65. The van der Waals surface area contributed by atoms with Gasteiger partial charge in [-0.25, -0.2) is 0 Å². The number of hydrogen-bond donors (Lipinski definition) is 2. The molecule has 6 nitrogen and oxygen atoms in total. The second kappa shape index (κ2) is 7.59. The van der Waals surface area contributed by atoms with Gasteiger partial charge in [0.15, 0.2) is 5.76 Å². The summed E-state index contributed by atoms with van der Waals surface area (Å²) in [6.45, 7) is 3.29. The first-order valence-electron chi connectivity index (χ1n) is 9.16. The van der Waals surface area contributed by atoms with Gasteiger partial charge in [-0.05, 0) is 42.8 Å². The standard InChI is InChI=1S/C23H19N3O3/c1-14-19(24-15(2)27)9-6-10-20(14)25-23(28)17-11-12-21-18(13-17)22(29-26-21)16-7-4-3-5-8-16/h3-13H,1-2H3,(H,24,27)(H,25,28). The van der Waals surface area contributed by atoms with Gasteiger partial charge in [0.05, 0.1) is 5.39 Å². The van der Waals surface area contributed by atoms with Crippen LogP contribution in [0.25, 0.3) is 22.2 Å². The first kappa shape index (κ1) is 18.4. The van der Waals surface area contributed by atoms with Crippen molar-refractivity contribution in [3.63, 3.8) is 0 Å². The van der Waals surface area contributed by atoms with Gasteiger partial charge in [-0.15, -0.1) is 0 Å². The van der Waals surface area contributed by atoms with Crippen LogP contribution in [0.1, 0.15) is 22.8 Å². The minimum atomic E-state index is -0.254. The first-order valence-corrected chi connectivity index (χ1v) is 9.16. The molecule has 2 amide bonds. The topological polar surface area (TPSA) is 84.2 Å². The van der Waals surface area contributed by atoms with Crippen molar-refractivity contribution in [1.82, 2.24) is 5.16 Å². The van der Waals surface area contributed by atoms with Crippen LogP contribution < -0.4 is 10.6 Å². The van der Waals surface area contributed by atoms with Gasteiger partial charge < -0.3 is 15.2 Å². The predicted octanol–water partition coefficient (Wildman–Crippen LogP) is 5.01. The SMILES string of the molecule is CC(=O)Nc1cccc(NC(=O)c2ccc3noc(-c4ccccc4)c3c2)c1C. The van der Waals surface area contributed by atoms with Gasteiger partial charge in [-0.2, -0.15) is 0 Å². The zero-order valence-corrected chi connectivity index (χ0v) is 16.0. The van der Waals surface area contributed by atoms with Crippen LogP contribution in [0.4, 0.5) is 11.4 Å². The van der Waals surface area contributed by atoms with E-state index in [9.17, 15) is 9.59 Å². The van der Waals surface area contributed by atoms with Crippen LogP contribution in [0.2, 0.25) is 0 Å². The lowest BCUT2D eigenvalue weighted by atomic mass is 10.1. The fraction of sp³-hybridized carbons (Fsp3) is 0.0870. The van der Waals surface area contributed by atoms with Crippen LogP contribution in [-0.4, -0.2) is 17.0 Å². The maximum absolute atomic E-state index is 12.9. The van der Waals surface area contributed by atoms with Crippen LogP contribution in [-0.2, 0) is 4.79 Å². The Bertz CT molecular complexity index is 1210. The van der Waals surface area contributed by atoms with Gasteiger partial charge in [0.2, 0.25) is 5.91 Å². The van der Waals surface area contributed by atoms with E-state index in [-0.39, 0.29) is 11.8 Å². The molecule has 1 heterocycles. The molecule has 0 saturated heterocycles. The number of hydrogen-bond acceptors (Lipinski definition) is 4. The Hall–Kier alpha value is -3.93. The smallest absolute Gasteiger partial charge is 0.255 e. The van der Waals surface area contributed by atoms with Crippen molar-refractivity contribution in [2.24, 2.45) is 0 Å². The zero-order valence-electron chi connectivity index (χ0n) is 16.0. The third kappa shape index (κ3) is 3.73. The Kier molecular flexibility index (Phi) is 4.83. The van der Waals surface area contributed by atoms with Crippen molar-refractivity contribution in [1.29, 1.82) is 0 Å². The summed E-state index contributed by atoms with van der Waals surface area (Å²) in [5.74, 6) is 0.206. The van der Waals surface area contributed by atoms with E-state index < -0.39 is 0 Å². The lowest BCUT2D eigenvalue weighted by molar-refractivity contribution is -0.114. The van der Waals surface area contributed by atoms with Crippen molar-refractivity contribution in [3.8, 4) is 11.3 Å². The van der Waals surface area contributed by atoms with Gasteiger partial charge >= 0.3 is 0 Å². The number of amides is 2. The Morgan fingerprint density at radius 3 is 2.34 bits per heavy atom. The molecule has 3 aromatic carbocycles. The van der Waals surface area contributed by atoms with Gasteiger partial charge in [0.1, 0.15) is 5.52 Å².